The van der Waals surface area contributed by atoms with Crippen molar-refractivity contribution in [3.63, 3.8) is 0 Å². The third kappa shape index (κ3) is 4.58. The van der Waals surface area contributed by atoms with E-state index in [4.69, 9.17) is 0 Å². The highest BCUT2D eigenvalue weighted by atomic mass is 79.9. The topological polar surface area (TPSA) is 79.0 Å². The van der Waals surface area contributed by atoms with Gasteiger partial charge in [0.1, 0.15) is 5.56 Å². The summed E-state index contributed by atoms with van der Waals surface area (Å²) in [7, 11) is -0.907. The highest BCUT2D eigenvalue weighted by Gasteiger charge is 2.13. The quantitative estimate of drug-likeness (QED) is 0.842. The van der Waals surface area contributed by atoms with Crippen molar-refractivity contribution in [2.24, 2.45) is 0 Å². The Morgan fingerprint density at radius 1 is 1.58 bits per heavy atom. The molecule has 0 aliphatic heterocycles. The van der Waals surface area contributed by atoms with E-state index >= 15 is 0 Å². The Kier molecular flexibility index (Phi) is 5.93. The number of hydrogen-bond donors (Lipinski definition) is 2. The minimum absolute atomic E-state index is 0.0170. The maximum Gasteiger partial charge on any atom is 0.261 e. The minimum atomic E-state index is -0.907. The number of aromatic amines is 1. The van der Waals surface area contributed by atoms with Crippen LogP contribution in [0.1, 0.15) is 29.4 Å². The molecule has 1 aromatic heterocycles. The van der Waals surface area contributed by atoms with Crippen LogP contribution < -0.4 is 10.9 Å². The van der Waals surface area contributed by atoms with Gasteiger partial charge in [-0.15, -0.1) is 0 Å². The lowest BCUT2D eigenvalue weighted by Crippen LogP contribution is -2.32. The van der Waals surface area contributed by atoms with Gasteiger partial charge in [0, 0.05) is 39.0 Å². The lowest BCUT2D eigenvalue weighted by Gasteiger charge is -2.09. The molecule has 7 heteroatoms. The third-order valence-corrected chi connectivity index (χ3v) is 5.02. The van der Waals surface area contributed by atoms with Gasteiger partial charge in [0.05, 0.1) is 0 Å². The number of H-pyrrole nitrogens is 1. The van der Waals surface area contributed by atoms with E-state index in [0.717, 1.165) is 0 Å². The van der Waals surface area contributed by atoms with Crippen molar-refractivity contribution in [3.05, 3.63) is 32.2 Å². The van der Waals surface area contributed by atoms with Gasteiger partial charge in [-0.3, -0.25) is 13.8 Å². The summed E-state index contributed by atoms with van der Waals surface area (Å²) in [6.45, 7) is 3.99. The maximum atomic E-state index is 11.9. The number of aromatic nitrogens is 1. The Morgan fingerprint density at radius 2 is 2.21 bits per heavy atom. The number of pyridine rings is 1. The van der Waals surface area contributed by atoms with E-state index in [1.807, 2.05) is 6.92 Å². The fraction of sp³-hybridized carbons (Fsp3) is 0.500. The second-order valence-electron chi connectivity index (χ2n) is 4.34. The molecule has 106 valence electrons. The monoisotopic (exact) mass is 348 g/mol. The molecule has 1 heterocycles. The summed E-state index contributed by atoms with van der Waals surface area (Å²) in [5, 5.41) is 2.68. The minimum Gasteiger partial charge on any atom is -0.352 e. The zero-order valence-corrected chi connectivity index (χ0v) is 13.5. The van der Waals surface area contributed by atoms with Crippen LogP contribution in [0.15, 0.2) is 15.3 Å². The van der Waals surface area contributed by atoms with Gasteiger partial charge in [-0.25, -0.2) is 0 Å². The largest absolute Gasteiger partial charge is 0.352 e. The fourth-order valence-corrected chi connectivity index (χ4v) is 2.19. The molecule has 19 heavy (non-hydrogen) atoms. The summed E-state index contributed by atoms with van der Waals surface area (Å²) in [6.07, 6.45) is 2.24. The van der Waals surface area contributed by atoms with Crippen LogP contribution in [0.5, 0.6) is 0 Å². The van der Waals surface area contributed by atoms with E-state index in [0.29, 0.717) is 23.1 Å². The third-order valence-electron chi connectivity index (χ3n) is 2.82. The predicted molar refractivity (Wildman–Crippen MR) is 80.0 cm³/mol. The molecule has 0 saturated heterocycles. The van der Waals surface area contributed by atoms with Crippen LogP contribution in [-0.4, -0.2) is 33.2 Å². The summed E-state index contributed by atoms with van der Waals surface area (Å²) in [4.78, 5) is 26.1. The molecule has 1 aromatic rings. The summed E-state index contributed by atoms with van der Waals surface area (Å²) < 4.78 is 11.8. The van der Waals surface area contributed by atoms with Crippen LogP contribution in [0.3, 0.4) is 0 Å². The first kappa shape index (κ1) is 16.1. The molecule has 0 bridgehead atoms. The molecule has 0 radical (unpaired) electrons. The van der Waals surface area contributed by atoms with E-state index in [2.05, 4.69) is 26.2 Å². The van der Waals surface area contributed by atoms with Crippen molar-refractivity contribution < 1.29 is 9.00 Å². The Balaban J connectivity index is 2.67. The number of hydrogen-bond acceptors (Lipinski definition) is 3. The first-order valence-corrected chi connectivity index (χ1v) is 8.24. The van der Waals surface area contributed by atoms with Gasteiger partial charge in [0.25, 0.3) is 11.5 Å². The van der Waals surface area contributed by atoms with E-state index < -0.39 is 22.3 Å². The number of amides is 1. The standard InChI is InChI=1S/C12H17BrN2O3S/c1-7(19(3)18)4-5-14-11(16)9-6-10(13)8(2)15-12(9)17/h6-7H,4-5H2,1-3H3,(H,14,16)(H,15,17)/t7-,19-/m1/s1. The van der Waals surface area contributed by atoms with Crippen LogP contribution in [0.4, 0.5) is 0 Å². The fourth-order valence-electron chi connectivity index (χ4n) is 1.42. The summed E-state index contributed by atoms with van der Waals surface area (Å²) in [6, 6.07) is 1.50. The van der Waals surface area contributed by atoms with Gasteiger partial charge in [-0.2, -0.15) is 0 Å². The van der Waals surface area contributed by atoms with Crippen molar-refractivity contribution in [1.82, 2.24) is 10.3 Å². The van der Waals surface area contributed by atoms with Crippen molar-refractivity contribution in [1.29, 1.82) is 0 Å². The lowest BCUT2D eigenvalue weighted by atomic mass is 10.2. The molecule has 2 N–H and O–H groups in total. The molecule has 0 aliphatic carbocycles. The smallest absolute Gasteiger partial charge is 0.261 e. The van der Waals surface area contributed by atoms with Crippen molar-refractivity contribution >= 4 is 32.6 Å². The summed E-state index contributed by atoms with van der Waals surface area (Å²) >= 11 is 3.27. The number of aryl methyl sites for hydroxylation is 1. The van der Waals surface area contributed by atoms with E-state index in [1.54, 1.807) is 13.2 Å². The van der Waals surface area contributed by atoms with Crippen molar-refractivity contribution in [3.8, 4) is 0 Å². The molecule has 0 fully saturated rings. The van der Waals surface area contributed by atoms with Gasteiger partial charge in [-0.05, 0) is 35.3 Å². The SMILES string of the molecule is Cc1[nH]c(=O)c(C(=O)NCC[C@@H](C)[S@@](C)=O)cc1Br. The molecular weight excluding hydrogens is 332 g/mol. The first-order valence-electron chi connectivity index (χ1n) is 5.82. The van der Waals surface area contributed by atoms with Gasteiger partial charge < -0.3 is 10.3 Å². The molecule has 0 unspecified atom stereocenters. The number of carbonyl (C=O) groups excluding carboxylic acids is 1. The number of rotatable bonds is 5. The van der Waals surface area contributed by atoms with Gasteiger partial charge in [0.2, 0.25) is 0 Å². The van der Waals surface area contributed by atoms with Crippen molar-refractivity contribution in [2.75, 3.05) is 12.8 Å². The average molecular weight is 349 g/mol. The van der Waals surface area contributed by atoms with Crippen LogP contribution in [0, 0.1) is 6.92 Å². The number of carbonyl (C=O) groups is 1. The molecule has 0 saturated carbocycles. The maximum absolute atomic E-state index is 11.9. The summed E-state index contributed by atoms with van der Waals surface area (Å²) in [5.74, 6) is -0.420. The highest BCUT2D eigenvalue weighted by Crippen LogP contribution is 2.12. The van der Waals surface area contributed by atoms with Crippen LogP contribution in [0.2, 0.25) is 0 Å². The highest BCUT2D eigenvalue weighted by molar-refractivity contribution is 9.10. The van der Waals surface area contributed by atoms with E-state index in [1.165, 1.54) is 6.07 Å². The predicted octanol–water partition coefficient (Wildman–Crippen LogP) is 1.33. The van der Waals surface area contributed by atoms with E-state index in [9.17, 15) is 13.8 Å². The van der Waals surface area contributed by atoms with Crippen LogP contribution >= 0.6 is 15.9 Å². The first-order chi connectivity index (χ1) is 8.82. The molecule has 0 aliphatic rings. The number of halogens is 1. The molecule has 0 spiro atoms. The second-order valence-corrected chi connectivity index (χ2v) is 7.00. The number of nitrogens with one attached hydrogen (secondary N) is 2. The molecule has 0 aromatic carbocycles. The van der Waals surface area contributed by atoms with Crippen molar-refractivity contribution in [2.45, 2.75) is 25.5 Å². The normalized spacial score (nSPS) is 13.9. The molecule has 2 atom stereocenters. The second kappa shape index (κ2) is 7.00. The lowest BCUT2D eigenvalue weighted by molar-refractivity contribution is 0.0951. The molecule has 1 amide bonds. The molecule has 5 nitrogen and oxygen atoms in total. The summed E-state index contributed by atoms with van der Waals surface area (Å²) in [5.41, 5.74) is 0.338. The zero-order chi connectivity index (χ0) is 14.6. The van der Waals surface area contributed by atoms with Crippen LogP contribution in [-0.2, 0) is 10.8 Å². The zero-order valence-electron chi connectivity index (χ0n) is 11.1. The molecular formula is C12H17BrN2O3S. The van der Waals surface area contributed by atoms with Gasteiger partial charge in [-0.1, -0.05) is 6.92 Å². The Bertz CT molecular complexity index is 556. The average Bonchev–Trinajstić information content (AvgIpc) is 2.33. The Morgan fingerprint density at radius 3 is 2.79 bits per heavy atom. The Labute approximate surface area is 122 Å². The van der Waals surface area contributed by atoms with Gasteiger partial charge >= 0.3 is 0 Å². The van der Waals surface area contributed by atoms with E-state index in [-0.39, 0.29) is 10.8 Å². The van der Waals surface area contributed by atoms with Gasteiger partial charge in [0.15, 0.2) is 0 Å². The van der Waals surface area contributed by atoms with Crippen LogP contribution in [0.25, 0.3) is 0 Å². The Hall–Kier alpha value is -0.950. The molecule has 1 rings (SSSR count).